The quantitative estimate of drug-likeness (QED) is 0.707. The zero-order valence-electron chi connectivity index (χ0n) is 18.8. The molecule has 3 amide bonds. The van der Waals surface area contributed by atoms with E-state index in [1.807, 2.05) is 24.3 Å². The molecule has 2 fully saturated rings. The Labute approximate surface area is 196 Å². The molecule has 176 valence electrons. The molecule has 34 heavy (non-hydrogen) atoms. The number of ether oxygens (including phenoxy) is 1. The molecule has 0 saturated carbocycles. The van der Waals surface area contributed by atoms with Gasteiger partial charge in [-0.25, -0.2) is 4.39 Å². The molecular weight excluding hydrogens is 437 g/mol. The lowest BCUT2D eigenvalue weighted by Crippen LogP contribution is -2.52. The van der Waals surface area contributed by atoms with Crippen LogP contribution < -0.4 is 10.1 Å². The molecule has 4 aliphatic heterocycles. The number of benzene rings is 2. The second kappa shape index (κ2) is 7.91. The average molecular weight is 464 g/mol. The Kier molecular flexibility index (Phi) is 4.95. The molecule has 3 unspecified atom stereocenters. The van der Waals surface area contributed by atoms with Gasteiger partial charge in [0.1, 0.15) is 24.6 Å². The molecule has 2 saturated heterocycles. The largest absolute Gasteiger partial charge is 0.492 e. The van der Waals surface area contributed by atoms with E-state index in [1.165, 1.54) is 10.5 Å². The summed E-state index contributed by atoms with van der Waals surface area (Å²) in [4.78, 5) is 40.6. The van der Waals surface area contributed by atoms with E-state index in [-0.39, 0.29) is 31.4 Å². The van der Waals surface area contributed by atoms with E-state index in [0.717, 1.165) is 17.7 Å². The second-order valence-corrected chi connectivity index (χ2v) is 9.75. The number of likely N-dealkylation sites (tertiary alicyclic amines) is 1. The summed E-state index contributed by atoms with van der Waals surface area (Å²) in [7, 11) is 0. The molecule has 2 aromatic carbocycles. The molecule has 4 aliphatic rings. The zero-order chi connectivity index (χ0) is 23.4. The van der Waals surface area contributed by atoms with Crippen LogP contribution in [0.5, 0.6) is 5.75 Å². The standard InChI is InChI=1S/C26H26FN3O4/c27-21-14-29(12-16-4-2-1-3-5-16)11-10-26(21)15-34-23-18-13-30(20-8-9-22(31)28-24(20)32)25(33)17(18)6-7-19(23)26/h1-7,20-21H,8-15H2,(H,28,31,32). The van der Waals surface area contributed by atoms with Gasteiger partial charge in [-0.15, -0.1) is 0 Å². The number of nitrogens with zero attached hydrogens (tertiary/aromatic N) is 2. The molecule has 4 heterocycles. The van der Waals surface area contributed by atoms with Crippen LogP contribution in [0.3, 0.4) is 0 Å². The summed E-state index contributed by atoms with van der Waals surface area (Å²) >= 11 is 0. The first-order chi connectivity index (χ1) is 16.5. The molecule has 0 aliphatic carbocycles. The maximum atomic E-state index is 15.8. The molecule has 3 atom stereocenters. The number of fused-ring (bicyclic) bond motifs is 4. The van der Waals surface area contributed by atoms with Gasteiger partial charge in [0.05, 0.1) is 12.0 Å². The molecular formula is C26H26FN3O4. The molecule has 8 heteroatoms. The molecule has 2 aromatic rings. The van der Waals surface area contributed by atoms with Crippen LogP contribution >= 0.6 is 0 Å². The van der Waals surface area contributed by atoms with Crippen LogP contribution in [0.15, 0.2) is 42.5 Å². The van der Waals surface area contributed by atoms with E-state index in [2.05, 4.69) is 22.3 Å². The molecule has 0 bridgehead atoms. The van der Waals surface area contributed by atoms with E-state index < -0.39 is 23.5 Å². The summed E-state index contributed by atoms with van der Waals surface area (Å²) in [6, 6.07) is 13.0. The smallest absolute Gasteiger partial charge is 0.255 e. The highest BCUT2D eigenvalue weighted by atomic mass is 19.1. The molecule has 7 nitrogen and oxygen atoms in total. The Balaban J connectivity index is 1.24. The molecule has 0 aromatic heterocycles. The Bertz CT molecular complexity index is 1190. The topological polar surface area (TPSA) is 79.0 Å². The molecule has 1 spiro atoms. The third-order valence-corrected chi connectivity index (χ3v) is 7.82. The van der Waals surface area contributed by atoms with E-state index >= 15 is 4.39 Å². The number of nitrogens with one attached hydrogen (secondary N) is 1. The van der Waals surface area contributed by atoms with Gasteiger partial charge < -0.3 is 9.64 Å². The van der Waals surface area contributed by atoms with E-state index in [1.54, 1.807) is 6.07 Å². The van der Waals surface area contributed by atoms with Gasteiger partial charge in [-0.2, -0.15) is 0 Å². The van der Waals surface area contributed by atoms with Crippen LogP contribution in [-0.4, -0.2) is 59.4 Å². The predicted octanol–water partition coefficient (Wildman–Crippen LogP) is 2.32. The normalized spacial score (nSPS) is 28.6. The highest BCUT2D eigenvalue weighted by molar-refractivity contribution is 6.05. The summed E-state index contributed by atoms with van der Waals surface area (Å²) in [6.07, 6.45) is 0.0587. The van der Waals surface area contributed by atoms with Gasteiger partial charge in [-0.3, -0.25) is 24.6 Å². The molecule has 6 rings (SSSR count). The minimum absolute atomic E-state index is 0.206. The number of imide groups is 1. The van der Waals surface area contributed by atoms with Gasteiger partial charge in [-0.1, -0.05) is 36.4 Å². The first-order valence-electron chi connectivity index (χ1n) is 11.8. The highest BCUT2D eigenvalue weighted by Gasteiger charge is 2.52. The van der Waals surface area contributed by atoms with Crippen molar-refractivity contribution in [3.63, 3.8) is 0 Å². The minimum Gasteiger partial charge on any atom is -0.492 e. The number of rotatable bonds is 3. The van der Waals surface area contributed by atoms with Crippen LogP contribution in [0.1, 0.15) is 46.3 Å². The van der Waals surface area contributed by atoms with Crippen molar-refractivity contribution in [2.75, 3.05) is 19.7 Å². The fourth-order valence-electron chi connectivity index (χ4n) is 5.91. The number of amides is 3. The monoisotopic (exact) mass is 463 g/mol. The summed E-state index contributed by atoms with van der Waals surface area (Å²) in [5.41, 5.74) is 2.50. The first-order valence-corrected chi connectivity index (χ1v) is 11.8. The van der Waals surface area contributed by atoms with Crippen molar-refractivity contribution in [3.8, 4) is 5.75 Å². The Morgan fingerprint density at radius 2 is 1.94 bits per heavy atom. The van der Waals surface area contributed by atoms with Crippen molar-refractivity contribution in [1.82, 2.24) is 15.1 Å². The van der Waals surface area contributed by atoms with Crippen molar-refractivity contribution in [2.45, 2.75) is 50.0 Å². The lowest BCUT2D eigenvalue weighted by atomic mass is 9.72. The zero-order valence-corrected chi connectivity index (χ0v) is 18.8. The summed E-state index contributed by atoms with van der Waals surface area (Å²) in [6.45, 7) is 2.29. The fraction of sp³-hybridized carbons (Fsp3) is 0.423. The van der Waals surface area contributed by atoms with Crippen LogP contribution in [0.25, 0.3) is 0 Å². The number of piperidine rings is 2. The Morgan fingerprint density at radius 1 is 1.12 bits per heavy atom. The number of carbonyl (C=O) groups is 3. The summed E-state index contributed by atoms with van der Waals surface area (Å²) < 4.78 is 21.9. The number of alkyl halides is 1. The lowest BCUT2D eigenvalue weighted by Gasteiger charge is -2.41. The van der Waals surface area contributed by atoms with Gasteiger partial charge in [-0.05, 0) is 31.0 Å². The number of hydrogen-bond acceptors (Lipinski definition) is 5. The summed E-state index contributed by atoms with van der Waals surface area (Å²) in [5.74, 6) is -0.406. The van der Waals surface area contributed by atoms with Crippen molar-refractivity contribution >= 4 is 17.7 Å². The number of carbonyl (C=O) groups excluding carboxylic acids is 3. The Morgan fingerprint density at radius 3 is 2.71 bits per heavy atom. The van der Waals surface area contributed by atoms with Crippen molar-refractivity contribution in [2.24, 2.45) is 0 Å². The first kappa shape index (κ1) is 21.3. The van der Waals surface area contributed by atoms with Crippen LogP contribution in [-0.2, 0) is 28.1 Å². The number of hydrogen-bond donors (Lipinski definition) is 1. The van der Waals surface area contributed by atoms with Crippen LogP contribution in [0.2, 0.25) is 0 Å². The fourth-order valence-corrected chi connectivity index (χ4v) is 5.91. The van der Waals surface area contributed by atoms with Gasteiger partial charge in [0, 0.05) is 36.2 Å². The maximum Gasteiger partial charge on any atom is 0.255 e. The minimum atomic E-state index is -1.09. The van der Waals surface area contributed by atoms with Gasteiger partial charge in [0.15, 0.2) is 0 Å². The van der Waals surface area contributed by atoms with Crippen molar-refractivity contribution in [3.05, 3.63) is 64.7 Å². The molecule has 0 radical (unpaired) electrons. The number of halogens is 1. The highest BCUT2D eigenvalue weighted by Crippen LogP contribution is 2.50. The molecule has 1 N–H and O–H groups in total. The summed E-state index contributed by atoms with van der Waals surface area (Å²) in [5, 5.41) is 2.32. The van der Waals surface area contributed by atoms with Crippen molar-refractivity contribution < 1.29 is 23.5 Å². The van der Waals surface area contributed by atoms with Gasteiger partial charge in [0.2, 0.25) is 11.8 Å². The SMILES string of the molecule is O=C1CCC(N2Cc3c(ccc4c3OCC43CCN(Cc4ccccc4)CC3F)C2=O)C(=O)N1. The Hall–Kier alpha value is -3.26. The van der Waals surface area contributed by atoms with E-state index in [9.17, 15) is 14.4 Å². The second-order valence-electron chi connectivity index (χ2n) is 9.75. The van der Waals surface area contributed by atoms with Gasteiger partial charge >= 0.3 is 0 Å². The van der Waals surface area contributed by atoms with E-state index in [4.69, 9.17) is 4.74 Å². The lowest BCUT2D eigenvalue weighted by molar-refractivity contribution is -0.136. The maximum absolute atomic E-state index is 15.8. The average Bonchev–Trinajstić information content (AvgIpc) is 3.36. The van der Waals surface area contributed by atoms with Crippen molar-refractivity contribution in [1.29, 1.82) is 0 Å². The van der Waals surface area contributed by atoms with Crippen LogP contribution in [0.4, 0.5) is 4.39 Å². The van der Waals surface area contributed by atoms with Crippen LogP contribution in [0, 0.1) is 0 Å². The third-order valence-electron chi connectivity index (χ3n) is 7.82. The third kappa shape index (κ3) is 3.23. The predicted molar refractivity (Wildman–Crippen MR) is 121 cm³/mol. The van der Waals surface area contributed by atoms with E-state index in [0.29, 0.717) is 37.2 Å². The van der Waals surface area contributed by atoms with Gasteiger partial charge in [0.25, 0.3) is 5.91 Å².